The quantitative estimate of drug-likeness (QED) is 0.677. The monoisotopic (exact) mass is 296 g/mol. The van der Waals surface area contributed by atoms with E-state index in [-0.39, 0.29) is 12.0 Å². The molecule has 0 aromatic heterocycles. The average molecular weight is 296 g/mol. The highest BCUT2D eigenvalue weighted by molar-refractivity contribution is 5.86. The summed E-state index contributed by atoms with van der Waals surface area (Å²) in [4.78, 5) is 23.1. The van der Waals surface area contributed by atoms with Crippen molar-refractivity contribution in [3.8, 4) is 0 Å². The first-order valence-electron chi connectivity index (χ1n) is 6.97. The number of carbonyl (C=O) groups excluding carboxylic acids is 1. The highest BCUT2D eigenvalue weighted by Gasteiger charge is 2.24. The van der Waals surface area contributed by atoms with Gasteiger partial charge in [0.15, 0.2) is 0 Å². The summed E-state index contributed by atoms with van der Waals surface area (Å²) in [6, 6.07) is 3.95. The molecule has 0 aliphatic heterocycles. The third-order valence-electron chi connectivity index (χ3n) is 3.20. The van der Waals surface area contributed by atoms with Crippen LogP contribution < -0.4 is 11.1 Å². The zero-order valence-electron chi connectivity index (χ0n) is 12.0. The van der Waals surface area contributed by atoms with Crippen LogP contribution in [0.25, 0.3) is 0 Å². The summed E-state index contributed by atoms with van der Waals surface area (Å²) >= 11 is 0. The zero-order valence-corrected chi connectivity index (χ0v) is 12.0. The number of halogens is 1. The minimum Gasteiger partial charge on any atom is -0.480 e. The molecule has 1 aromatic carbocycles. The highest BCUT2D eigenvalue weighted by Crippen LogP contribution is 2.10. The molecule has 0 spiro atoms. The molecule has 0 radical (unpaired) electrons. The van der Waals surface area contributed by atoms with Crippen molar-refractivity contribution >= 4 is 11.9 Å². The van der Waals surface area contributed by atoms with Crippen molar-refractivity contribution in [3.63, 3.8) is 0 Å². The van der Waals surface area contributed by atoms with Gasteiger partial charge in [-0.3, -0.25) is 4.79 Å². The molecule has 0 aliphatic rings. The smallest absolute Gasteiger partial charge is 0.326 e. The molecule has 1 rings (SSSR count). The fourth-order valence-corrected chi connectivity index (χ4v) is 1.92. The molecule has 1 amide bonds. The Hall–Kier alpha value is -1.95. The zero-order chi connectivity index (χ0) is 15.8. The number of nitrogens with two attached hydrogens (primary N) is 1. The molecule has 4 N–H and O–H groups in total. The molecule has 0 bridgehead atoms. The van der Waals surface area contributed by atoms with Gasteiger partial charge in [0, 0.05) is 6.42 Å². The van der Waals surface area contributed by atoms with Crippen molar-refractivity contribution in [3.05, 3.63) is 35.6 Å². The van der Waals surface area contributed by atoms with Gasteiger partial charge in [-0.2, -0.15) is 0 Å². The van der Waals surface area contributed by atoms with E-state index in [1.807, 2.05) is 6.92 Å². The number of unbranched alkanes of at least 4 members (excludes halogenated alkanes) is 1. The fraction of sp³-hybridized carbons (Fsp3) is 0.467. The van der Waals surface area contributed by atoms with Crippen molar-refractivity contribution < 1.29 is 19.1 Å². The second-order valence-corrected chi connectivity index (χ2v) is 4.94. The van der Waals surface area contributed by atoms with Crippen molar-refractivity contribution in [2.45, 2.75) is 44.7 Å². The van der Waals surface area contributed by atoms with Crippen molar-refractivity contribution in [2.75, 3.05) is 0 Å². The Kier molecular flexibility index (Phi) is 6.81. The maximum atomic E-state index is 13.5. The lowest BCUT2D eigenvalue weighted by atomic mass is 10.0. The molecular weight excluding hydrogens is 275 g/mol. The van der Waals surface area contributed by atoms with E-state index in [0.29, 0.717) is 6.42 Å². The Morgan fingerprint density at radius 2 is 2.05 bits per heavy atom. The maximum absolute atomic E-state index is 13.5. The fourth-order valence-electron chi connectivity index (χ4n) is 1.92. The maximum Gasteiger partial charge on any atom is 0.326 e. The van der Waals surface area contributed by atoms with E-state index < -0.39 is 29.8 Å². The summed E-state index contributed by atoms with van der Waals surface area (Å²) < 4.78 is 13.5. The Bertz CT molecular complexity index is 494. The van der Waals surface area contributed by atoms with Gasteiger partial charge in [0.2, 0.25) is 5.91 Å². The summed E-state index contributed by atoms with van der Waals surface area (Å²) in [5.41, 5.74) is 5.94. The average Bonchev–Trinajstić information content (AvgIpc) is 2.45. The molecule has 0 saturated carbocycles. The number of rotatable bonds is 8. The molecule has 2 atom stereocenters. The van der Waals surface area contributed by atoms with E-state index in [2.05, 4.69) is 5.32 Å². The van der Waals surface area contributed by atoms with Gasteiger partial charge in [-0.1, -0.05) is 38.0 Å². The van der Waals surface area contributed by atoms with Crippen LogP contribution in [0.1, 0.15) is 31.7 Å². The SMILES string of the molecule is CCCC[C@H](N)C(=O)NC(Cc1ccccc1F)C(=O)O. The second-order valence-electron chi connectivity index (χ2n) is 4.94. The van der Waals surface area contributed by atoms with Gasteiger partial charge >= 0.3 is 5.97 Å². The topological polar surface area (TPSA) is 92.4 Å². The van der Waals surface area contributed by atoms with Crippen molar-refractivity contribution in [1.82, 2.24) is 5.32 Å². The third-order valence-corrected chi connectivity index (χ3v) is 3.20. The first-order chi connectivity index (χ1) is 9.95. The second kappa shape index (κ2) is 8.36. The number of nitrogens with one attached hydrogen (secondary N) is 1. The number of hydrogen-bond acceptors (Lipinski definition) is 3. The van der Waals surface area contributed by atoms with Crippen LogP contribution in [0.5, 0.6) is 0 Å². The molecule has 0 aliphatic carbocycles. The molecule has 116 valence electrons. The Morgan fingerprint density at radius 3 is 2.62 bits per heavy atom. The lowest BCUT2D eigenvalue weighted by Crippen LogP contribution is -2.49. The van der Waals surface area contributed by atoms with Crippen LogP contribution in [0.15, 0.2) is 24.3 Å². The summed E-state index contributed by atoms with van der Waals surface area (Å²) in [7, 11) is 0. The summed E-state index contributed by atoms with van der Waals surface area (Å²) in [5, 5.41) is 11.5. The highest BCUT2D eigenvalue weighted by atomic mass is 19.1. The molecule has 21 heavy (non-hydrogen) atoms. The normalized spacial score (nSPS) is 13.5. The Balaban J connectivity index is 2.68. The van der Waals surface area contributed by atoms with Crippen molar-refractivity contribution in [2.24, 2.45) is 5.73 Å². The summed E-state index contributed by atoms with van der Waals surface area (Å²) in [5.74, 6) is -2.23. The van der Waals surface area contributed by atoms with Gasteiger partial charge in [0.25, 0.3) is 0 Å². The van der Waals surface area contributed by atoms with Crippen LogP contribution >= 0.6 is 0 Å². The van der Waals surface area contributed by atoms with Gasteiger partial charge in [-0.15, -0.1) is 0 Å². The van der Waals surface area contributed by atoms with Crippen molar-refractivity contribution in [1.29, 1.82) is 0 Å². The van der Waals surface area contributed by atoms with E-state index in [1.165, 1.54) is 18.2 Å². The largest absolute Gasteiger partial charge is 0.480 e. The van der Waals surface area contributed by atoms with E-state index in [9.17, 15) is 14.0 Å². The van der Waals surface area contributed by atoms with Gasteiger partial charge in [-0.25, -0.2) is 9.18 Å². The van der Waals surface area contributed by atoms with Crippen LogP contribution in [-0.2, 0) is 16.0 Å². The molecule has 1 unspecified atom stereocenters. The van der Waals surface area contributed by atoms with Crippen LogP contribution in [0.2, 0.25) is 0 Å². The standard InChI is InChI=1S/C15H21FN2O3/c1-2-3-8-12(17)14(19)18-13(15(20)21)9-10-6-4-5-7-11(10)16/h4-7,12-13H,2-3,8-9,17H2,1H3,(H,18,19)(H,20,21)/t12-,13?/m0/s1. The Labute approximate surface area is 123 Å². The van der Waals surface area contributed by atoms with Crippen LogP contribution in [0.4, 0.5) is 4.39 Å². The van der Waals surface area contributed by atoms with E-state index >= 15 is 0 Å². The predicted octanol–water partition coefficient (Wildman–Crippen LogP) is 1.46. The predicted molar refractivity (Wildman–Crippen MR) is 77.2 cm³/mol. The summed E-state index contributed by atoms with van der Waals surface area (Å²) in [6.07, 6.45) is 2.07. The van der Waals surface area contributed by atoms with Gasteiger partial charge in [0.05, 0.1) is 6.04 Å². The molecule has 5 nitrogen and oxygen atoms in total. The number of benzene rings is 1. The van der Waals surface area contributed by atoms with Gasteiger partial charge in [-0.05, 0) is 18.1 Å². The minimum absolute atomic E-state index is 0.117. The molecule has 0 saturated heterocycles. The molecule has 0 heterocycles. The molecule has 6 heteroatoms. The Morgan fingerprint density at radius 1 is 1.38 bits per heavy atom. The van der Waals surface area contributed by atoms with Crippen LogP contribution in [-0.4, -0.2) is 29.1 Å². The summed E-state index contributed by atoms with van der Waals surface area (Å²) in [6.45, 7) is 1.98. The van der Waals surface area contributed by atoms with Gasteiger partial charge < -0.3 is 16.2 Å². The van der Waals surface area contributed by atoms with E-state index in [1.54, 1.807) is 6.07 Å². The molecular formula is C15H21FN2O3. The number of hydrogen-bond donors (Lipinski definition) is 3. The number of amides is 1. The number of aliphatic carboxylic acids is 1. The lowest BCUT2D eigenvalue weighted by molar-refractivity contribution is -0.142. The molecule has 1 aromatic rings. The van der Waals surface area contributed by atoms with E-state index in [0.717, 1.165) is 12.8 Å². The number of carbonyl (C=O) groups is 2. The number of carboxylic acid groups (broad SMARTS) is 1. The first kappa shape index (κ1) is 17.1. The third kappa shape index (κ3) is 5.51. The lowest BCUT2D eigenvalue weighted by Gasteiger charge is -2.18. The van der Waals surface area contributed by atoms with E-state index in [4.69, 9.17) is 10.8 Å². The van der Waals surface area contributed by atoms with Crippen LogP contribution in [0.3, 0.4) is 0 Å². The minimum atomic E-state index is -1.21. The van der Waals surface area contributed by atoms with Gasteiger partial charge in [0.1, 0.15) is 11.9 Å². The first-order valence-corrected chi connectivity index (χ1v) is 6.97. The van der Waals surface area contributed by atoms with Crippen LogP contribution in [0, 0.1) is 5.82 Å². The molecule has 0 fully saturated rings. The number of carboxylic acids is 1.